The largest absolute Gasteiger partial charge is 0.487 e. The van der Waals surface area contributed by atoms with Gasteiger partial charge in [-0.25, -0.2) is 0 Å². The number of ether oxygens (including phenoxy) is 1. The summed E-state index contributed by atoms with van der Waals surface area (Å²) in [7, 11) is 0. The van der Waals surface area contributed by atoms with Gasteiger partial charge in [-0.1, -0.05) is 28.9 Å². The van der Waals surface area contributed by atoms with E-state index in [4.69, 9.17) is 4.74 Å². The third-order valence-corrected chi connectivity index (χ3v) is 3.47. The lowest BCUT2D eigenvalue weighted by Gasteiger charge is -2.09. The molecular formula is C16H19BrN2O. The van der Waals surface area contributed by atoms with Crippen LogP contribution in [0.4, 0.5) is 0 Å². The number of halogens is 1. The Bertz CT molecular complexity index is 555. The van der Waals surface area contributed by atoms with E-state index in [-0.39, 0.29) is 0 Å². The fourth-order valence-electron chi connectivity index (χ4n) is 1.84. The Morgan fingerprint density at radius 3 is 2.75 bits per heavy atom. The summed E-state index contributed by atoms with van der Waals surface area (Å²) in [5.41, 5.74) is 3.24. The first kappa shape index (κ1) is 15.0. The molecule has 2 rings (SSSR count). The fraction of sp³-hybridized carbons (Fsp3) is 0.312. The average molecular weight is 335 g/mol. The maximum atomic E-state index is 5.80. The van der Waals surface area contributed by atoms with Crippen molar-refractivity contribution in [2.45, 2.75) is 27.0 Å². The van der Waals surface area contributed by atoms with Crippen molar-refractivity contribution in [3.8, 4) is 5.75 Å². The Labute approximate surface area is 128 Å². The summed E-state index contributed by atoms with van der Waals surface area (Å²) < 4.78 is 6.86. The van der Waals surface area contributed by atoms with Gasteiger partial charge < -0.3 is 10.1 Å². The molecule has 3 nitrogen and oxygen atoms in total. The second-order valence-electron chi connectivity index (χ2n) is 4.64. The molecule has 1 N–H and O–H groups in total. The number of pyridine rings is 1. The van der Waals surface area contributed by atoms with Crippen molar-refractivity contribution in [2.24, 2.45) is 0 Å². The quantitative estimate of drug-likeness (QED) is 0.871. The normalized spacial score (nSPS) is 10.6. The molecule has 0 aliphatic rings. The molecule has 1 aromatic carbocycles. The molecule has 1 heterocycles. The van der Waals surface area contributed by atoms with E-state index in [0.717, 1.165) is 34.6 Å². The standard InChI is InChI=1S/C16H19BrN2O/c1-3-18-9-13-4-6-15(19-10-13)11-20-16-7-5-14(17)8-12(16)2/h4-8,10,18H,3,9,11H2,1-2H3. The van der Waals surface area contributed by atoms with Gasteiger partial charge in [0.25, 0.3) is 0 Å². The van der Waals surface area contributed by atoms with Crippen LogP contribution >= 0.6 is 15.9 Å². The fourth-order valence-corrected chi connectivity index (χ4v) is 2.32. The van der Waals surface area contributed by atoms with Gasteiger partial charge >= 0.3 is 0 Å². The predicted octanol–water partition coefficient (Wildman–Crippen LogP) is 3.84. The average Bonchev–Trinajstić information content (AvgIpc) is 2.45. The summed E-state index contributed by atoms with van der Waals surface area (Å²) in [6, 6.07) is 10.1. The highest BCUT2D eigenvalue weighted by atomic mass is 79.9. The van der Waals surface area contributed by atoms with Crippen molar-refractivity contribution in [1.29, 1.82) is 0 Å². The van der Waals surface area contributed by atoms with E-state index in [0.29, 0.717) is 6.61 Å². The van der Waals surface area contributed by atoms with E-state index < -0.39 is 0 Å². The second-order valence-corrected chi connectivity index (χ2v) is 5.55. The van der Waals surface area contributed by atoms with Gasteiger partial charge in [-0.05, 0) is 48.9 Å². The maximum Gasteiger partial charge on any atom is 0.130 e. The molecule has 0 spiro atoms. The minimum absolute atomic E-state index is 0.490. The first-order valence-corrected chi connectivity index (χ1v) is 7.52. The van der Waals surface area contributed by atoms with Crippen LogP contribution in [0.5, 0.6) is 5.75 Å². The molecule has 0 bridgehead atoms. The number of nitrogens with one attached hydrogen (secondary N) is 1. The van der Waals surface area contributed by atoms with Gasteiger partial charge in [-0.15, -0.1) is 0 Å². The van der Waals surface area contributed by atoms with Crippen LogP contribution in [-0.2, 0) is 13.2 Å². The SMILES string of the molecule is CCNCc1ccc(COc2ccc(Br)cc2C)nc1. The molecule has 2 aromatic rings. The van der Waals surface area contributed by atoms with Crippen LogP contribution in [0.2, 0.25) is 0 Å². The van der Waals surface area contributed by atoms with Gasteiger partial charge in [-0.2, -0.15) is 0 Å². The number of hydrogen-bond donors (Lipinski definition) is 1. The van der Waals surface area contributed by atoms with Crippen molar-refractivity contribution < 1.29 is 4.74 Å². The molecule has 20 heavy (non-hydrogen) atoms. The summed E-state index contributed by atoms with van der Waals surface area (Å²) in [4.78, 5) is 4.42. The van der Waals surface area contributed by atoms with Gasteiger partial charge in [0, 0.05) is 17.2 Å². The van der Waals surface area contributed by atoms with E-state index in [1.54, 1.807) is 0 Å². The molecule has 0 atom stereocenters. The first-order valence-electron chi connectivity index (χ1n) is 6.72. The lowest BCUT2D eigenvalue weighted by Crippen LogP contribution is -2.12. The summed E-state index contributed by atoms with van der Waals surface area (Å²) >= 11 is 3.45. The van der Waals surface area contributed by atoms with Crippen LogP contribution in [-0.4, -0.2) is 11.5 Å². The van der Waals surface area contributed by atoms with Crippen molar-refractivity contribution in [1.82, 2.24) is 10.3 Å². The minimum Gasteiger partial charge on any atom is -0.487 e. The molecule has 4 heteroatoms. The summed E-state index contributed by atoms with van der Waals surface area (Å²) in [6.07, 6.45) is 1.90. The molecule has 0 aliphatic carbocycles. The van der Waals surface area contributed by atoms with Gasteiger partial charge in [-0.3, -0.25) is 4.98 Å². The third-order valence-electron chi connectivity index (χ3n) is 2.98. The maximum absolute atomic E-state index is 5.80. The predicted molar refractivity (Wildman–Crippen MR) is 84.8 cm³/mol. The van der Waals surface area contributed by atoms with E-state index >= 15 is 0 Å². The Kier molecular flexibility index (Phi) is 5.56. The Hall–Kier alpha value is -1.39. The number of aromatic nitrogens is 1. The van der Waals surface area contributed by atoms with Gasteiger partial charge in [0.05, 0.1) is 5.69 Å². The highest BCUT2D eigenvalue weighted by Gasteiger charge is 2.02. The van der Waals surface area contributed by atoms with Crippen LogP contribution < -0.4 is 10.1 Å². The Morgan fingerprint density at radius 1 is 1.25 bits per heavy atom. The number of hydrogen-bond acceptors (Lipinski definition) is 3. The molecule has 106 valence electrons. The third kappa shape index (κ3) is 4.32. The van der Waals surface area contributed by atoms with Crippen LogP contribution in [0.1, 0.15) is 23.7 Å². The molecule has 0 radical (unpaired) electrons. The zero-order chi connectivity index (χ0) is 14.4. The van der Waals surface area contributed by atoms with Crippen LogP contribution in [0.15, 0.2) is 41.0 Å². The van der Waals surface area contributed by atoms with E-state index in [9.17, 15) is 0 Å². The lowest BCUT2D eigenvalue weighted by atomic mass is 10.2. The van der Waals surface area contributed by atoms with Crippen molar-refractivity contribution in [3.05, 3.63) is 57.8 Å². The monoisotopic (exact) mass is 334 g/mol. The molecular weight excluding hydrogens is 316 g/mol. The summed E-state index contributed by atoms with van der Waals surface area (Å²) in [6.45, 7) is 6.44. The molecule has 0 saturated heterocycles. The van der Waals surface area contributed by atoms with Crippen LogP contribution in [0.25, 0.3) is 0 Å². The van der Waals surface area contributed by atoms with Crippen LogP contribution in [0, 0.1) is 6.92 Å². The smallest absolute Gasteiger partial charge is 0.130 e. The van der Waals surface area contributed by atoms with Gasteiger partial charge in [0.15, 0.2) is 0 Å². The van der Waals surface area contributed by atoms with E-state index in [1.165, 1.54) is 5.56 Å². The van der Waals surface area contributed by atoms with E-state index in [2.05, 4.69) is 39.2 Å². The lowest BCUT2D eigenvalue weighted by molar-refractivity contribution is 0.299. The van der Waals surface area contributed by atoms with Crippen molar-refractivity contribution in [2.75, 3.05) is 6.54 Å². The summed E-state index contributed by atoms with van der Waals surface area (Å²) in [5.74, 6) is 0.895. The van der Waals surface area contributed by atoms with E-state index in [1.807, 2.05) is 37.4 Å². The first-order chi connectivity index (χ1) is 9.69. The van der Waals surface area contributed by atoms with Crippen molar-refractivity contribution in [3.63, 3.8) is 0 Å². The number of nitrogens with zero attached hydrogens (tertiary/aromatic N) is 1. The molecule has 0 amide bonds. The van der Waals surface area contributed by atoms with Gasteiger partial charge in [0.2, 0.25) is 0 Å². The topological polar surface area (TPSA) is 34.1 Å². The molecule has 0 aliphatic heterocycles. The Morgan fingerprint density at radius 2 is 2.10 bits per heavy atom. The number of aryl methyl sites for hydroxylation is 1. The second kappa shape index (κ2) is 7.41. The highest BCUT2D eigenvalue weighted by molar-refractivity contribution is 9.10. The van der Waals surface area contributed by atoms with Gasteiger partial charge in [0.1, 0.15) is 12.4 Å². The Balaban J connectivity index is 1.93. The number of benzene rings is 1. The summed E-state index contributed by atoms with van der Waals surface area (Å²) in [5, 5.41) is 3.28. The molecule has 0 unspecified atom stereocenters. The molecule has 0 saturated carbocycles. The van der Waals surface area contributed by atoms with Crippen LogP contribution in [0.3, 0.4) is 0 Å². The molecule has 0 fully saturated rings. The zero-order valence-corrected chi connectivity index (χ0v) is 13.4. The zero-order valence-electron chi connectivity index (χ0n) is 11.8. The minimum atomic E-state index is 0.490. The van der Waals surface area contributed by atoms with Crippen molar-refractivity contribution >= 4 is 15.9 Å². The number of rotatable bonds is 6. The molecule has 1 aromatic heterocycles. The highest BCUT2D eigenvalue weighted by Crippen LogP contribution is 2.22.